The second-order valence-corrected chi connectivity index (χ2v) is 7.23. The van der Waals surface area contributed by atoms with Gasteiger partial charge in [0.2, 0.25) is 0 Å². The van der Waals surface area contributed by atoms with Crippen LogP contribution in [0.25, 0.3) is 11.3 Å². The smallest absolute Gasteiger partial charge is 0.277 e. The first-order valence-corrected chi connectivity index (χ1v) is 9.49. The number of fused-ring (bicyclic) bond motifs is 3. The number of carbonyl (C=O) groups excluding carboxylic acids is 1. The number of aliphatic hydroxyl groups is 2. The van der Waals surface area contributed by atoms with E-state index in [1.807, 2.05) is 6.92 Å². The van der Waals surface area contributed by atoms with E-state index in [0.717, 1.165) is 17.1 Å². The van der Waals surface area contributed by atoms with E-state index in [2.05, 4.69) is 26.5 Å². The Labute approximate surface area is 170 Å². The fourth-order valence-corrected chi connectivity index (χ4v) is 3.39. The van der Waals surface area contributed by atoms with Gasteiger partial charge in [-0.2, -0.15) is 0 Å². The van der Waals surface area contributed by atoms with E-state index in [-0.39, 0.29) is 11.6 Å². The summed E-state index contributed by atoms with van der Waals surface area (Å²) in [6.07, 6.45) is 0.00757. The van der Waals surface area contributed by atoms with Crippen LogP contribution in [0.1, 0.15) is 39.0 Å². The van der Waals surface area contributed by atoms with Crippen LogP contribution < -0.4 is 10.5 Å². The zero-order chi connectivity index (χ0) is 21.0. The van der Waals surface area contributed by atoms with Crippen LogP contribution in [0, 0.1) is 18.8 Å². The summed E-state index contributed by atoms with van der Waals surface area (Å²) in [6.45, 7) is 3.50. The monoisotopic (exact) mass is 413 g/mol. The van der Waals surface area contributed by atoms with Gasteiger partial charge in [-0.25, -0.2) is 4.98 Å². The lowest BCUT2D eigenvalue weighted by atomic mass is 10.1. The van der Waals surface area contributed by atoms with E-state index in [0.29, 0.717) is 27.4 Å². The quantitative estimate of drug-likeness (QED) is 0.520. The Morgan fingerprint density at radius 3 is 2.79 bits per heavy atom. The summed E-state index contributed by atoms with van der Waals surface area (Å²) in [4.78, 5) is 16.2. The Morgan fingerprint density at radius 1 is 1.41 bits per heavy atom. The molecule has 9 heteroatoms. The normalized spacial score (nSPS) is 15.2. The molecule has 3 aromatic rings. The molecular formula is C20H19N3O5S. The van der Waals surface area contributed by atoms with Crippen LogP contribution in [0.3, 0.4) is 0 Å². The van der Waals surface area contributed by atoms with Gasteiger partial charge in [-0.3, -0.25) is 4.79 Å². The van der Waals surface area contributed by atoms with Crippen molar-refractivity contribution in [2.45, 2.75) is 26.1 Å². The van der Waals surface area contributed by atoms with Gasteiger partial charge < -0.3 is 25.2 Å². The van der Waals surface area contributed by atoms with Crippen molar-refractivity contribution < 1.29 is 24.3 Å². The molecule has 0 spiro atoms. The van der Waals surface area contributed by atoms with Crippen molar-refractivity contribution in [1.29, 1.82) is 0 Å². The zero-order valence-electron chi connectivity index (χ0n) is 15.7. The standard InChI is InChI=1S/C16H14N2O4S.C4H5NO/c1-8(19)2-3-9-4-5-12-10(6-9)13-14(11(20)7-22-12)23-16(18-13)15(17)21;1-4-2-3-5-6-4/h4-6,8,11,19-20H,7H2,1H3,(H2,17,21);2-3H,1H3. The molecule has 1 aromatic carbocycles. The number of ether oxygens (including phenoxy) is 1. The third-order valence-electron chi connectivity index (χ3n) is 3.79. The van der Waals surface area contributed by atoms with E-state index >= 15 is 0 Å². The number of thiazole rings is 1. The maximum absolute atomic E-state index is 11.4. The number of primary amides is 1. The van der Waals surface area contributed by atoms with E-state index in [9.17, 15) is 15.0 Å². The van der Waals surface area contributed by atoms with E-state index < -0.39 is 18.1 Å². The predicted molar refractivity (Wildman–Crippen MR) is 106 cm³/mol. The number of carbonyl (C=O) groups is 1. The van der Waals surface area contributed by atoms with E-state index in [1.165, 1.54) is 0 Å². The van der Waals surface area contributed by atoms with Crippen LogP contribution >= 0.6 is 11.3 Å². The maximum atomic E-state index is 11.4. The summed E-state index contributed by atoms with van der Waals surface area (Å²) < 4.78 is 10.2. The minimum absolute atomic E-state index is 0.0685. The van der Waals surface area contributed by atoms with Crippen LogP contribution in [0.2, 0.25) is 0 Å². The third kappa shape index (κ3) is 5.00. The maximum Gasteiger partial charge on any atom is 0.277 e. The lowest BCUT2D eigenvalue weighted by Crippen LogP contribution is -2.10. The number of benzene rings is 1. The highest BCUT2D eigenvalue weighted by Gasteiger charge is 2.27. The van der Waals surface area contributed by atoms with E-state index in [4.69, 9.17) is 10.5 Å². The molecular weight excluding hydrogens is 394 g/mol. The molecule has 0 saturated carbocycles. The summed E-state index contributed by atoms with van der Waals surface area (Å²) in [7, 11) is 0. The van der Waals surface area contributed by atoms with Gasteiger partial charge in [0.15, 0.2) is 5.01 Å². The number of nitrogens with zero attached hydrogens (tertiary/aromatic N) is 2. The first-order valence-electron chi connectivity index (χ1n) is 8.68. The van der Waals surface area contributed by atoms with Crippen LogP contribution in [0.5, 0.6) is 5.75 Å². The highest BCUT2D eigenvalue weighted by molar-refractivity contribution is 7.14. The van der Waals surface area contributed by atoms with Gasteiger partial charge in [0.25, 0.3) is 5.91 Å². The Bertz CT molecular complexity index is 1060. The number of rotatable bonds is 1. The average molecular weight is 413 g/mol. The van der Waals surface area contributed by atoms with Crippen molar-refractivity contribution in [3.8, 4) is 28.8 Å². The molecule has 1 aliphatic rings. The zero-order valence-corrected chi connectivity index (χ0v) is 16.6. The molecule has 0 bridgehead atoms. The van der Waals surface area contributed by atoms with Crippen molar-refractivity contribution in [1.82, 2.24) is 10.1 Å². The predicted octanol–water partition coefficient (Wildman–Crippen LogP) is 2.05. The highest BCUT2D eigenvalue weighted by Crippen LogP contribution is 2.41. The summed E-state index contributed by atoms with van der Waals surface area (Å²) >= 11 is 1.06. The van der Waals surface area contributed by atoms with Gasteiger partial charge in [0, 0.05) is 17.2 Å². The number of aliphatic hydroxyl groups excluding tert-OH is 2. The van der Waals surface area contributed by atoms with Crippen molar-refractivity contribution >= 4 is 17.2 Å². The third-order valence-corrected chi connectivity index (χ3v) is 4.96. The molecule has 3 heterocycles. The Balaban J connectivity index is 0.000000343. The lowest BCUT2D eigenvalue weighted by Gasteiger charge is -2.08. The fourth-order valence-electron chi connectivity index (χ4n) is 2.49. The molecule has 0 aliphatic carbocycles. The van der Waals surface area contributed by atoms with Crippen molar-refractivity contribution in [2.75, 3.05) is 6.61 Å². The number of aromatic nitrogens is 2. The van der Waals surface area contributed by atoms with Crippen LogP contribution in [-0.4, -0.2) is 39.0 Å². The van der Waals surface area contributed by atoms with Gasteiger partial charge in [-0.15, -0.1) is 11.3 Å². The van der Waals surface area contributed by atoms with Gasteiger partial charge in [-0.1, -0.05) is 17.0 Å². The summed E-state index contributed by atoms with van der Waals surface area (Å²) in [5.74, 6) is 6.28. The molecule has 2 unspecified atom stereocenters. The number of amides is 1. The molecule has 0 saturated heterocycles. The fraction of sp³-hybridized carbons (Fsp3) is 0.250. The van der Waals surface area contributed by atoms with Gasteiger partial charge in [-0.05, 0) is 32.0 Å². The van der Waals surface area contributed by atoms with Gasteiger partial charge >= 0.3 is 0 Å². The molecule has 0 fully saturated rings. The van der Waals surface area contributed by atoms with Crippen LogP contribution in [0.4, 0.5) is 0 Å². The van der Waals surface area contributed by atoms with Gasteiger partial charge in [0.05, 0.1) is 16.8 Å². The van der Waals surface area contributed by atoms with E-state index in [1.54, 1.807) is 37.4 Å². The van der Waals surface area contributed by atoms with Crippen molar-refractivity contribution in [3.05, 3.63) is 51.7 Å². The molecule has 2 aromatic heterocycles. The molecule has 150 valence electrons. The molecule has 4 N–H and O–H groups in total. The second-order valence-electron chi connectivity index (χ2n) is 6.20. The first-order chi connectivity index (χ1) is 13.8. The Morgan fingerprint density at radius 2 is 2.21 bits per heavy atom. The molecule has 4 rings (SSSR count). The molecule has 1 amide bonds. The minimum atomic E-state index is -0.880. The van der Waals surface area contributed by atoms with Crippen LogP contribution in [-0.2, 0) is 0 Å². The summed E-state index contributed by atoms with van der Waals surface area (Å²) in [6, 6.07) is 7.05. The SMILES string of the molecule is CC(O)C#Cc1ccc2c(c1)-c1nc(C(N)=O)sc1C(O)CO2.Cc1ccno1. The van der Waals surface area contributed by atoms with Crippen molar-refractivity contribution in [3.63, 3.8) is 0 Å². The number of aryl methyl sites for hydroxylation is 1. The number of hydrogen-bond donors (Lipinski definition) is 3. The van der Waals surface area contributed by atoms with Gasteiger partial charge in [0.1, 0.15) is 30.3 Å². The molecule has 0 radical (unpaired) electrons. The first kappa shape index (κ1) is 20.5. The molecule has 1 aliphatic heterocycles. The molecule has 8 nitrogen and oxygen atoms in total. The summed E-state index contributed by atoms with van der Waals surface area (Å²) in [5.41, 5.74) is 7.07. The molecule has 2 atom stereocenters. The largest absolute Gasteiger partial charge is 0.490 e. The van der Waals surface area contributed by atoms with Crippen LogP contribution in [0.15, 0.2) is 35.0 Å². The number of nitrogens with two attached hydrogens (primary N) is 1. The number of hydrogen-bond acceptors (Lipinski definition) is 8. The average Bonchev–Trinajstić information content (AvgIpc) is 3.32. The summed E-state index contributed by atoms with van der Waals surface area (Å²) in [5, 5.41) is 23.0. The molecule has 29 heavy (non-hydrogen) atoms. The lowest BCUT2D eigenvalue weighted by molar-refractivity contribution is 0.1000. The Kier molecular flexibility index (Phi) is 6.29. The second kappa shape index (κ2) is 8.87. The minimum Gasteiger partial charge on any atom is -0.490 e. The highest BCUT2D eigenvalue weighted by atomic mass is 32.1. The topological polar surface area (TPSA) is 132 Å². The Hall–Kier alpha value is -3.19. The van der Waals surface area contributed by atoms with Crippen molar-refractivity contribution in [2.24, 2.45) is 5.73 Å².